The zero-order chi connectivity index (χ0) is 14.9. The number of morpholine rings is 1. The minimum Gasteiger partial charge on any atom is -0.481 e. The van der Waals surface area contributed by atoms with Crippen molar-refractivity contribution in [1.82, 2.24) is 8.61 Å². The van der Waals surface area contributed by atoms with Crippen LogP contribution in [0.2, 0.25) is 0 Å². The Balaban J connectivity index is 2.02. The molecular formula is C12H22N2O5S. The summed E-state index contributed by atoms with van der Waals surface area (Å²) in [6.07, 6.45) is 0.403. The summed E-state index contributed by atoms with van der Waals surface area (Å²) < 4.78 is 33.5. The Labute approximate surface area is 119 Å². The molecule has 3 unspecified atom stereocenters. The molecule has 2 heterocycles. The van der Waals surface area contributed by atoms with Gasteiger partial charge in [0.25, 0.3) is 10.2 Å². The van der Waals surface area contributed by atoms with Crippen molar-refractivity contribution in [2.75, 3.05) is 26.2 Å². The zero-order valence-corrected chi connectivity index (χ0v) is 12.7. The monoisotopic (exact) mass is 306 g/mol. The summed E-state index contributed by atoms with van der Waals surface area (Å²) in [5, 5.41) is 8.79. The van der Waals surface area contributed by atoms with Crippen molar-refractivity contribution in [2.24, 2.45) is 5.92 Å². The minimum absolute atomic E-state index is 0.0297. The smallest absolute Gasteiger partial charge is 0.303 e. The first-order valence-corrected chi connectivity index (χ1v) is 8.31. The Kier molecular flexibility index (Phi) is 4.68. The highest BCUT2D eigenvalue weighted by molar-refractivity contribution is 7.86. The SMILES string of the molecule is CC1CN(S(=O)(=O)N2CCC(CC(=O)O)C2)CC(C)O1. The van der Waals surface area contributed by atoms with Gasteiger partial charge in [0.1, 0.15) is 0 Å². The summed E-state index contributed by atoms with van der Waals surface area (Å²) in [6, 6.07) is 0. The summed E-state index contributed by atoms with van der Waals surface area (Å²) in [6.45, 7) is 5.12. The molecule has 0 aromatic rings. The topological polar surface area (TPSA) is 87.2 Å². The van der Waals surface area contributed by atoms with Gasteiger partial charge in [0.05, 0.1) is 12.2 Å². The number of hydrogen-bond acceptors (Lipinski definition) is 4. The van der Waals surface area contributed by atoms with E-state index in [2.05, 4.69) is 0 Å². The van der Waals surface area contributed by atoms with Crippen LogP contribution in [0.4, 0.5) is 0 Å². The van der Waals surface area contributed by atoms with Crippen LogP contribution in [-0.2, 0) is 19.7 Å². The molecule has 2 rings (SSSR count). The number of ether oxygens (including phenoxy) is 1. The molecule has 3 atom stereocenters. The largest absolute Gasteiger partial charge is 0.481 e. The molecule has 0 bridgehead atoms. The average molecular weight is 306 g/mol. The van der Waals surface area contributed by atoms with Crippen LogP contribution in [-0.4, -0.2) is 66.5 Å². The van der Waals surface area contributed by atoms with Gasteiger partial charge in [-0.15, -0.1) is 0 Å². The normalized spacial score (nSPS) is 33.4. The molecular weight excluding hydrogens is 284 g/mol. The predicted octanol–water partition coefficient (Wildman–Crippen LogP) is 0.137. The van der Waals surface area contributed by atoms with Crippen molar-refractivity contribution >= 4 is 16.2 Å². The lowest BCUT2D eigenvalue weighted by atomic mass is 10.1. The zero-order valence-electron chi connectivity index (χ0n) is 11.9. The van der Waals surface area contributed by atoms with Crippen LogP contribution >= 0.6 is 0 Å². The molecule has 2 aliphatic rings. The van der Waals surface area contributed by atoms with Gasteiger partial charge in [-0.05, 0) is 26.2 Å². The second kappa shape index (κ2) is 5.97. The molecule has 1 N–H and O–H groups in total. The van der Waals surface area contributed by atoms with Crippen molar-refractivity contribution in [2.45, 2.75) is 38.9 Å². The molecule has 7 nitrogen and oxygen atoms in total. The van der Waals surface area contributed by atoms with Crippen LogP contribution in [0.3, 0.4) is 0 Å². The van der Waals surface area contributed by atoms with E-state index in [9.17, 15) is 13.2 Å². The van der Waals surface area contributed by atoms with Gasteiger partial charge in [-0.3, -0.25) is 4.79 Å². The number of carbonyl (C=O) groups is 1. The molecule has 0 aliphatic carbocycles. The number of hydrogen-bond donors (Lipinski definition) is 1. The van der Waals surface area contributed by atoms with Gasteiger partial charge in [0.2, 0.25) is 0 Å². The van der Waals surface area contributed by atoms with Gasteiger partial charge >= 0.3 is 5.97 Å². The molecule has 2 aliphatic heterocycles. The van der Waals surface area contributed by atoms with Crippen LogP contribution < -0.4 is 0 Å². The van der Waals surface area contributed by atoms with Crippen LogP contribution in [0.25, 0.3) is 0 Å². The maximum atomic E-state index is 12.6. The van der Waals surface area contributed by atoms with Gasteiger partial charge in [0.15, 0.2) is 0 Å². The lowest BCUT2D eigenvalue weighted by Gasteiger charge is -2.36. The van der Waals surface area contributed by atoms with Crippen molar-refractivity contribution in [3.63, 3.8) is 0 Å². The average Bonchev–Trinajstić information content (AvgIpc) is 2.75. The molecule has 0 aromatic carbocycles. The van der Waals surface area contributed by atoms with E-state index >= 15 is 0 Å². The number of aliphatic carboxylic acids is 1. The fourth-order valence-corrected chi connectivity index (χ4v) is 4.76. The summed E-state index contributed by atoms with van der Waals surface area (Å²) in [5.74, 6) is -0.957. The highest BCUT2D eigenvalue weighted by Crippen LogP contribution is 2.25. The molecule has 0 spiro atoms. The van der Waals surface area contributed by atoms with Crippen LogP contribution in [0.1, 0.15) is 26.7 Å². The summed E-state index contributed by atoms with van der Waals surface area (Å²) in [7, 11) is -3.50. The Bertz CT molecular complexity index is 456. The molecule has 0 amide bonds. The van der Waals surface area contributed by atoms with Crippen LogP contribution in [0, 0.1) is 5.92 Å². The first-order valence-electron chi connectivity index (χ1n) is 6.91. The van der Waals surface area contributed by atoms with E-state index in [1.54, 1.807) is 0 Å². The number of nitrogens with zero attached hydrogens (tertiary/aromatic N) is 2. The fraction of sp³-hybridized carbons (Fsp3) is 0.917. The van der Waals surface area contributed by atoms with Crippen molar-refractivity contribution in [3.8, 4) is 0 Å². The summed E-state index contributed by atoms with van der Waals surface area (Å²) in [5.41, 5.74) is 0. The van der Waals surface area contributed by atoms with E-state index in [0.29, 0.717) is 32.6 Å². The van der Waals surface area contributed by atoms with Crippen LogP contribution in [0.5, 0.6) is 0 Å². The van der Waals surface area contributed by atoms with Gasteiger partial charge in [-0.1, -0.05) is 0 Å². The molecule has 0 aromatic heterocycles. The minimum atomic E-state index is -3.50. The third-order valence-electron chi connectivity index (χ3n) is 3.75. The highest BCUT2D eigenvalue weighted by atomic mass is 32.2. The first kappa shape index (κ1) is 15.7. The van der Waals surface area contributed by atoms with Gasteiger partial charge in [0, 0.05) is 32.6 Å². The highest BCUT2D eigenvalue weighted by Gasteiger charge is 2.39. The molecule has 116 valence electrons. The van der Waals surface area contributed by atoms with Crippen LogP contribution in [0.15, 0.2) is 0 Å². The third-order valence-corrected chi connectivity index (χ3v) is 5.69. The summed E-state index contributed by atoms with van der Waals surface area (Å²) in [4.78, 5) is 10.7. The van der Waals surface area contributed by atoms with Crippen molar-refractivity contribution in [3.05, 3.63) is 0 Å². The molecule has 20 heavy (non-hydrogen) atoms. The molecule has 2 fully saturated rings. The second-order valence-electron chi connectivity index (χ2n) is 5.69. The number of carboxylic acids is 1. The molecule has 8 heteroatoms. The van der Waals surface area contributed by atoms with Gasteiger partial charge < -0.3 is 9.84 Å². The Morgan fingerprint density at radius 3 is 2.35 bits per heavy atom. The lowest BCUT2D eigenvalue weighted by molar-refractivity contribution is -0.137. The predicted molar refractivity (Wildman–Crippen MR) is 72.4 cm³/mol. The van der Waals surface area contributed by atoms with E-state index in [4.69, 9.17) is 9.84 Å². The van der Waals surface area contributed by atoms with Gasteiger partial charge in [-0.2, -0.15) is 17.0 Å². The lowest BCUT2D eigenvalue weighted by Crippen LogP contribution is -2.52. The second-order valence-corrected chi connectivity index (χ2v) is 7.62. The number of rotatable bonds is 4. The van der Waals surface area contributed by atoms with E-state index in [-0.39, 0.29) is 24.5 Å². The Morgan fingerprint density at radius 2 is 1.80 bits per heavy atom. The van der Waals surface area contributed by atoms with E-state index < -0.39 is 16.2 Å². The van der Waals surface area contributed by atoms with Crippen molar-refractivity contribution in [1.29, 1.82) is 0 Å². The fourth-order valence-electron chi connectivity index (χ4n) is 2.90. The van der Waals surface area contributed by atoms with Crippen molar-refractivity contribution < 1.29 is 23.1 Å². The van der Waals surface area contributed by atoms with E-state index in [1.165, 1.54) is 8.61 Å². The Hall–Kier alpha value is -0.700. The Morgan fingerprint density at radius 1 is 1.20 bits per heavy atom. The standard InChI is InChI=1S/C12H22N2O5S/c1-9-6-14(7-10(2)19-9)20(17,18)13-4-3-11(8-13)5-12(15)16/h9-11H,3-8H2,1-2H3,(H,15,16). The van der Waals surface area contributed by atoms with E-state index in [1.807, 2.05) is 13.8 Å². The van der Waals surface area contributed by atoms with Gasteiger partial charge in [-0.25, -0.2) is 0 Å². The molecule has 2 saturated heterocycles. The summed E-state index contributed by atoms with van der Waals surface area (Å²) >= 11 is 0. The maximum Gasteiger partial charge on any atom is 0.303 e. The quantitative estimate of drug-likeness (QED) is 0.798. The number of carboxylic acid groups (broad SMARTS) is 1. The first-order chi connectivity index (χ1) is 9.29. The third kappa shape index (κ3) is 3.49. The maximum absolute atomic E-state index is 12.6. The molecule has 0 saturated carbocycles. The van der Waals surface area contributed by atoms with E-state index in [0.717, 1.165) is 0 Å². The molecule has 0 radical (unpaired) electrons.